The molecule has 3 unspecified atom stereocenters. The maximum absolute atomic E-state index is 3.57. The summed E-state index contributed by atoms with van der Waals surface area (Å²) in [6, 6.07) is 1.28. The van der Waals surface area contributed by atoms with Crippen molar-refractivity contribution in [1.82, 2.24) is 15.1 Å². The van der Waals surface area contributed by atoms with Gasteiger partial charge in [0.25, 0.3) is 0 Å². The van der Waals surface area contributed by atoms with E-state index in [1.807, 2.05) is 0 Å². The van der Waals surface area contributed by atoms with Crippen LogP contribution in [0.1, 0.15) is 39.5 Å². The Hall–Kier alpha value is -0.120. The Kier molecular flexibility index (Phi) is 7.20. The molecule has 0 radical (unpaired) electrons. The average molecular weight is 255 g/mol. The summed E-state index contributed by atoms with van der Waals surface area (Å²) in [5.41, 5.74) is 0. The standard InChI is InChI=1S/C15H33N3/c1-6-8-13(2)11-14(16-3)15-12-17(4)9-7-10-18(15)5/h13-16H,6-12H2,1-5H3. The number of likely N-dealkylation sites (N-methyl/N-ethyl adjacent to an activating group) is 3. The fourth-order valence-corrected chi connectivity index (χ4v) is 3.25. The summed E-state index contributed by atoms with van der Waals surface area (Å²) in [5, 5.41) is 3.57. The van der Waals surface area contributed by atoms with Crippen molar-refractivity contribution in [1.29, 1.82) is 0 Å². The molecule has 3 atom stereocenters. The second kappa shape index (κ2) is 8.13. The fourth-order valence-electron chi connectivity index (χ4n) is 3.25. The van der Waals surface area contributed by atoms with Crippen LogP contribution in [-0.4, -0.2) is 62.7 Å². The average Bonchev–Trinajstić information content (AvgIpc) is 2.49. The molecule has 1 N–H and O–H groups in total. The van der Waals surface area contributed by atoms with E-state index in [0.717, 1.165) is 5.92 Å². The van der Waals surface area contributed by atoms with Gasteiger partial charge in [0.05, 0.1) is 0 Å². The highest BCUT2D eigenvalue weighted by Gasteiger charge is 2.28. The quantitative estimate of drug-likeness (QED) is 0.783. The predicted molar refractivity (Wildman–Crippen MR) is 80.1 cm³/mol. The van der Waals surface area contributed by atoms with Gasteiger partial charge in [-0.3, -0.25) is 0 Å². The molecule has 1 aliphatic rings. The largest absolute Gasteiger partial charge is 0.315 e. The monoisotopic (exact) mass is 255 g/mol. The zero-order chi connectivity index (χ0) is 13.5. The van der Waals surface area contributed by atoms with Crippen LogP contribution in [0.5, 0.6) is 0 Å². The molecule has 0 aromatic carbocycles. The molecule has 1 saturated heterocycles. The summed E-state index contributed by atoms with van der Waals surface area (Å²) < 4.78 is 0. The SMILES string of the molecule is CCCC(C)CC(NC)C1CN(C)CCCN1C. The summed E-state index contributed by atoms with van der Waals surface area (Å²) in [4.78, 5) is 5.05. The van der Waals surface area contributed by atoms with Crippen molar-refractivity contribution >= 4 is 0 Å². The summed E-state index contributed by atoms with van der Waals surface area (Å²) in [6.07, 6.45) is 5.25. The molecule has 0 saturated carbocycles. The van der Waals surface area contributed by atoms with E-state index in [-0.39, 0.29) is 0 Å². The molecule has 0 bridgehead atoms. The second-order valence-electron chi connectivity index (χ2n) is 6.19. The molecule has 1 rings (SSSR count). The minimum absolute atomic E-state index is 0.622. The molecule has 0 amide bonds. The molecule has 0 aromatic rings. The molecule has 0 aromatic heterocycles. The highest BCUT2D eigenvalue weighted by molar-refractivity contribution is 4.87. The van der Waals surface area contributed by atoms with Gasteiger partial charge in [-0.2, -0.15) is 0 Å². The van der Waals surface area contributed by atoms with E-state index < -0.39 is 0 Å². The van der Waals surface area contributed by atoms with E-state index >= 15 is 0 Å². The lowest BCUT2D eigenvalue weighted by Gasteiger charge is -2.35. The van der Waals surface area contributed by atoms with Gasteiger partial charge >= 0.3 is 0 Å². The summed E-state index contributed by atoms with van der Waals surface area (Å²) in [6.45, 7) is 8.35. The summed E-state index contributed by atoms with van der Waals surface area (Å²) in [5.74, 6) is 0.828. The first-order valence-corrected chi connectivity index (χ1v) is 7.64. The van der Waals surface area contributed by atoms with Crippen LogP contribution in [0.25, 0.3) is 0 Å². The normalized spacial score (nSPS) is 26.8. The fraction of sp³-hybridized carbons (Fsp3) is 1.00. The topological polar surface area (TPSA) is 18.5 Å². The Morgan fingerprint density at radius 1 is 1.28 bits per heavy atom. The Bertz CT molecular complexity index is 220. The van der Waals surface area contributed by atoms with Gasteiger partial charge in [-0.05, 0) is 53.0 Å². The first-order valence-electron chi connectivity index (χ1n) is 7.64. The van der Waals surface area contributed by atoms with E-state index in [1.165, 1.54) is 45.3 Å². The van der Waals surface area contributed by atoms with Gasteiger partial charge in [0, 0.05) is 18.6 Å². The maximum atomic E-state index is 3.57. The number of nitrogens with zero attached hydrogens (tertiary/aromatic N) is 2. The van der Waals surface area contributed by atoms with Crippen molar-refractivity contribution in [3.63, 3.8) is 0 Å². The smallest absolute Gasteiger partial charge is 0.0373 e. The summed E-state index contributed by atoms with van der Waals surface area (Å²) >= 11 is 0. The van der Waals surface area contributed by atoms with Gasteiger partial charge in [0.15, 0.2) is 0 Å². The number of hydrogen-bond donors (Lipinski definition) is 1. The van der Waals surface area contributed by atoms with Crippen LogP contribution >= 0.6 is 0 Å². The Morgan fingerprint density at radius 3 is 2.61 bits per heavy atom. The van der Waals surface area contributed by atoms with Crippen LogP contribution < -0.4 is 5.32 Å². The van der Waals surface area contributed by atoms with Crippen LogP contribution in [0.15, 0.2) is 0 Å². The van der Waals surface area contributed by atoms with Crippen LogP contribution in [0.2, 0.25) is 0 Å². The molecule has 18 heavy (non-hydrogen) atoms. The molecule has 1 heterocycles. The van der Waals surface area contributed by atoms with E-state index in [2.05, 4.69) is 50.1 Å². The van der Waals surface area contributed by atoms with Crippen LogP contribution in [-0.2, 0) is 0 Å². The van der Waals surface area contributed by atoms with Gasteiger partial charge in [-0.1, -0.05) is 26.7 Å². The number of nitrogens with one attached hydrogen (secondary N) is 1. The highest BCUT2D eigenvalue weighted by Crippen LogP contribution is 2.19. The van der Waals surface area contributed by atoms with Gasteiger partial charge in [0.2, 0.25) is 0 Å². The highest BCUT2D eigenvalue weighted by atomic mass is 15.2. The lowest BCUT2D eigenvalue weighted by Crippen LogP contribution is -2.51. The van der Waals surface area contributed by atoms with E-state index in [0.29, 0.717) is 12.1 Å². The molecule has 3 nitrogen and oxygen atoms in total. The van der Waals surface area contributed by atoms with Crippen molar-refractivity contribution < 1.29 is 0 Å². The summed E-state index contributed by atoms with van der Waals surface area (Å²) in [7, 11) is 6.68. The number of rotatable bonds is 6. The first kappa shape index (κ1) is 15.9. The minimum Gasteiger partial charge on any atom is -0.315 e. The molecule has 1 fully saturated rings. The zero-order valence-corrected chi connectivity index (χ0v) is 13.1. The predicted octanol–water partition coefficient (Wildman–Crippen LogP) is 2.04. The van der Waals surface area contributed by atoms with Crippen molar-refractivity contribution in [3.05, 3.63) is 0 Å². The van der Waals surface area contributed by atoms with Crippen molar-refractivity contribution in [3.8, 4) is 0 Å². The van der Waals surface area contributed by atoms with E-state index in [4.69, 9.17) is 0 Å². The van der Waals surface area contributed by atoms with Crippen molar-refractivity contribution in [2.45, 2.75) is 51.6 Å². The molecular formula is C15H33N3. The third-order valence-corrected chi connectivity index (χ3v) is 4.39. The van der Waals surface area contributed by atoms with E-state index in [9.17, 15) is 0 Å². The zero-order valence-electron chi connectivity index (χ0n) is 13.1. The van der Waals surface area contributed by atoms with Gasteiger partial charge in [-0.25, -0.2) is 0 Å². The van der Waals surface area contributed by atoms with Gasteiger partial charge < -0.3 is 15.1 Å². The maximum Gasteiger partial charge on any atom is 0.0373 e. The van der Waals surface area contributed by atoms with Crippen LogP contribution in [0.3, 0.4) is 0 Å². The lowest BCUT2D eigenvalue weighted by molar-refractivity contribution is 0.166. The van der Waals surface area contributed by atoms with Crippen molar-refractivity contribution in [2.75, 3.05) is 40.8 Å². The van der Waals surface area contributed by atoms with Crippen LogP contribution in [0.4, 0.5) is 0 Å². The number of hydrogen-bond acceptors (Lipinski definition) is 3. The molecular weight excluding hydrogens is 222 g/mol. The Labute approximate surface area is 114 Å². The van der Waals surface area contributed by atoms with E-state index in [1.54, 1.807) is 0 Å². The van der Waals surface area contributed by atoms with Gasteiger partial charge in [0.1, 0.15) is 0 Å². The molecule has 0 aliphatic carbocycles. The van der Waals surface area contributed by atoms with Crippen molar-refractivity contribution in [2.24, 2.45) is 5.92 Å². The third kappa shape index (κ3) is 4.87. The molecule has 0 spiro atoms. The molecule has 108 valence electrons. The lowest BCUT2D eigenvalue weighted by atomic mass is 9.92. The Morgan fingerprint density at radius 2 is 2.00 bits per heavy atom. The third-order valence-electron chi connectivity index (χ3n) is 4.39. The first-order chi connectivity index (χ1) is 8.58. The molecule has 3 heteroatoms. The second-order valence-corrected chi connectivity index (χ2v) is 6.19. The minimum atomic E-state index is 0.622. The Balaban J connectivity index is 2.59. The molecule has 1 aliphatic heterocycles. The van der Waals surface area contributed by atoms with Crippen LogP contribution in [0, 0.1) is 5.92 Å². The van der Waals surface area contributed by atoms with Gasteiger partial charge in [-0.15, -0.1) is 0 Å².